The molecule has 1 aromatic rings. The summed E-state index contributed by atoms with van der Waals surface area (Å²) in [5, 5.41) is 0. The monoisotopic (exact) mass is 196 g/mol. The van der Waals surface area contributed by atoms with Gasteiger partial charge in [-0.15, -0.1) is 12.1 Å². The molecule has 0 aliphatic rings. The van der Waals surface area contributed by atoms with E-state index in [1.807, 2.05) is 24.3 Å². The minimum atomic E-state index is 0. The summed E-state index contributed by atoms with van der Waals surface area (Å²) in [7, 11) is 1.65. The van der Waals surface area contributed by atoms with Crippen LogP contribution in [0.3, 0.4) is 0 Å². The molecule has 0 N–H and O–H groups in total. The van der Waals surface area contributed by atoms with Gasteiger partial charge in [0.2, 0.25) is 0 Å². The van der Waals surface area contributed by atoms with Crippen molar-refractivity contribution in [1.29, 1.82) is 0 Å². The van der Waals surface area contributed by atoms with Crippen molar-refractivity contribution in [2.45, 2.75) is 0 Å². The van der Waals surface area contributed by atoms with Crippen LogP contribution in [0.4, 0.5) is 0 Å². The summed E-state index contributed by atoms with van der Waals surface area (Å²) >= 11 is 0. The van der Waals surface area contributed by atoms with Crippen LogP contribution in [0.25, 0.3) is 0 Å². The van der Waals surface area contributed by atoms with Crippen LogP contribution in [0.15, 0.2) is 24.3 Å². The molecule has 45 valence electrons. The minimum Gasteiger partial charge on any atom is -0.522 e. The van der Waals surface area contributed by atoms with Gasteiger partial charge in [0.25, 0.3) is 0 Å². The Hall–Kier alpha value is 0.124. The SMILES string of the molecule is COc1cc[c-]cc1.[Y]. The smallest absolute Gasteiger partial charge is 0.0743 e. The fraction of sp³-hybridized carbons (Fsp3) is 0.143. The van der Waals surface area contributed by atoms with Crippen LogP contribution in [-0.4, -0.2) is 7.11 Å². The van der Waals surface area contributed by atoms with Gasteiger partial charge < -0.3 is 4.74 Å². The van der Waals surface area contributed by atoms with Crippen molar-refractivity contribution >= 4 is 0 Å². The third kappa shape index (κ3) is 2.97. The number of ether oxygens (including phenoxy) is 1. The van der Waals surface area contributed by atoms with Crippen molar-refractivity contribution in [3.8, 4) is 5.75 Å². The average Bonchev–Trinajstić information content (AvgIpc) is 1.90. The van der Waals surface area contributed by atoms with Crippen LogP contribution in [0.5, 0.6) is 5.75 Å². The van der Waals surface area contributed by atoms with Crippen molar-refractivity contribution in [2.75, 3.05) is 7.11 Å². The second kappa shape index (κ2) is 4.95. The van der Waals surface area contributed by atoms with E-state index in [0.29, 0.717) is 0 Å². The van der Waals surface area contributed by atoms with E-state index in [2.05, 4.69) is 6.07 Å². The van der Waals surface area contributed by atoms with Crippen LogP contribution in [0, 0.1) is 6.07 Å². The molecule has 1 nitrogen and oxygen atoms in total. The summed E-state index contributed by atoms with van der Waals surface area (Å²) in [5.74, 6) is 0.878. The number of hydrogen-bond donors (Lipinski definition) is 0. The normalized spacial score (nSPS) is 7.67. The molecule has 0 atom stereocenters. The van der Waals surface area contributed by atoms with E-state index in [-0.39, 0.29) is 32.7 Å². The van der Waals surface area contributed by atoms with Crippen LogP contribution in [0.1, 0.15) is 0 Å². The molecular formula is C7H7OY-. The summed E-state index contributed by atoms with van der Waals surface area (Å²) in [5.41, 5.74) is 0. The average molecular weight is 196 g/mol. The summed E-state index contributed by atoms with van der Waals surface area (Å²) in [6, 6.07) is 10.2. The summed E-state index contributed by atoms with van der Waals surface area (Å²) in [4.78, 5) is 0. The van der Waals surface area contributed by atoms with E-state index in [9.17, 15) is 0 Å². The molecule has 0 unspecified atom stereocenters. The Kier molecular flexibility index (Phi) is 5.02. The van der Waals surface area contributed by atoms with Crippen LogP contribution in [0.2, 0.25) is 0 Å². The van der Waals surface area contributed by atoms with E-state index in [1.165, 1.54) is 0 Å². The zero-order valence-corrected chi connectivity index (χ0v) is 8.13. The largest absolute Gasteiger partial charge is 0.522 e. The van der Waals surface area contributed by atoms with Gasteiger partial charge in [-0.05, 0) is 0 Å². The molecule has 1 aromatic carbocycles. The van der Waals surface area contributed by atoms with Crippen molar-refractivity contribution in [3.63, 3.8) is 0 Å². The molecule has 0 saturated carbocycles. The molecule has 0 heterocycles. The molecular weight excluding hydrogens is 189 g/mol. The van der Waals surface area contributed by atoms with Gasteiger partial charge in [0, 0.05) is 38.5 Å². The number of methoxy groups -OCH3 is 1. The van der Waals surface area contributed by atoms with E-state index in [4.69, 9.17) is 4.74 Å². The molecule has 9 heavy (non-hydrogen) atoms. The fourth-order valence-corrected chi connectivity index (χ4v) is 0.508. The fourth-order valence-electron chi connectivity index (χ4n) is 0.508. The first-order chi connectivity index (χ1) is 3.93. The Morgan fingerprint density at radius 3 is 2.22 bits per heavy atom. The van der Waals surface area contributed by atoms with E-state index in [0.717, 1.165) is 5.75 Å². The van der Waals surface area contributed by atoms with Crippen LogP contribution in [-0.2, 0) is 32.7 Å². The van der Waals surface area contributed by atoms with E-state index >= 15 is 0 Å². The Morgan fingerprint density at radius 1 is 1.33 bits per heavy atom. The topological polar surface area (TPSA) is 9.23 Å². The molecule has 1 radical (unpaired) electrons. The third-order valence-electron chi connectivity index (χ3n) is 0.923. The zero-order valence-electron chi connectivity index (χ0n) is 5.29. The number of benzene rings is 1. The first-order valence-corrected chi connectivity index (χ1v) is 2.43. The van der Waals surface area contributed by atoms with Gasteiger partial charge in [-0.2, -0.15) is 18.2 Å². The van der Waals surface area contributed by atoms with E-state index < -0.39 is 0 Å². The maximum absolute atomic E-state index is 4.89. The Balaban J connectivity index is 0.000000640. The second-order valence-corrected chi connectivity index (χ2v) is 1.44. The Bertz CT molecular complexity index is 150. The quantitative estimate of drug-likeness (QED) is 0.618. The first kappa shape index (κ1) is 9.12. The first-order valence-electron chi connectivity index (χ1n) is 2.43. The summed E-state index contributed by atoms with van der Waals surface area (Å²) in [6.07, 6.45) is 0. The predicted octanol–water partition coefficient (Wildman–Crippen LogP) is 1.49. The van der Waals surface area contributed by atoms with Crippen molar-refractivity contribution in [3.05, 3.63) is 30.3 Å². The maximum atomic E-state index is 4.89. The van der Waals surface area contributed by atoms with Gasteiger partial charge in [-0.1, -0.05) is 0 Å². The molecule has 0 aromatic heterocycles. The predicted molar refractivity (Wildman–Crippen MR) is 31.8 cm³/mol. The number of rotatable bonds is 1. The van der Waals surface area contributed by atoms with Gasteiger partial charge in [-0.25, -0.2) is 0 Å². The number of hydrogen-bond acceptors (Lipinski definition) is 1. The molecule has 0 aliphatic carbocycles. The van der Waals surface area contributed by atoms with E-state index in [1.54, 1.807) is 7.11 Å². The Labute approximate surface area is 80.3 Å². The molecule has 0 fully saturated rings. The zero-order chi connectivity index (χ0) is 5.82. The molecule has 1 rings (SSSR count). The second-order valence-electron chi connectivity index (χ2n) is 1.44. The molecule has 0 bridgehead atoms. The van der Waals surface area contributed by atoms with Gasteiger partial charge in [-0.3, -0.25) is 0 Å². The third-order valence-corrected chi connectivity index (χ3v) is 0.923. The summed E-state index contributed by atoms with van der Waals surface area (Å²) in [6.45, 7) is 0. The van der Waals surface area contributed by atoms with Crippen molar-refractivity contribution in [2.24, 2.45) is 0 Å². The van der Waals surface area contributed by atoms with Gasteiger partial charge in [0.05, 0.1) is 7.11 Å². The minimum absolute atomic E-state index is 0. The standard InChI is InChI=1S/C7H7O.Y/c1-8-7-5-3-2-4-6-7;/h3-6H,1H3;/q-1;. The van der Waals surface area contributed by atoms with Gasteiger partial charge in [0.15, 0.2) is 0 Å². The molecule has 0 aliphatic heterocycles. The molecule has 0 saturated heterocycles. The molecule has 2 heteroatoms. The Morgan fingerprint density at radius 2 is 1.89 bits per heavy atom. The maximum Gasteiger partial charge on any atom is 0.0743 e. The van der Waals surface area contributed by atoms with Crippen molar-refractivity contribution in [1.82, 2.24) is 0 Å². The van der Waals surface area contributed by atoms with Crippen molar-refractivity contribution < 1.29 is 37.4 Å². The van der Waals surface area contributed by atoms with Gasteiger partial charge in [0.1, 0.15) is 0 Å². The summed E-state index contributed by atoms with van der Waals surface area (Å²) < 4.78 is 4.89. The molecule has 0 spiro atoms. The van der Waals surface area contributed by atoms with Crippen LogP contribution < -0.4 is 4.74 Å². The molecule has 0 amide bonds. The van der Waals surface area contributed by atoms with Gasteiger partial charge >= 0.3 is 0 Å². The van der Waals surface area contributed by atoms with Crippen LogP contribution >= 0.6 is 0 Å².